The first-order valence-electron chi connectivity index (χ1n) is 9.01. The van der Waals surface area contributed by atoms with E-state index >= 15 is 0 Å². The number of halogens is 3. The van der Waals surface area contributed by atoms with E-state index in [0.29, 0.717) is 12.8 Å². The highest BCUT2D eigenvalue weighted by Crippen LogP contribution is 2.31. The summed E-state index contributed by atoms with van der Waals surface area (Å²) in [6.45, 7) is -0.420. The number of alkyl halides is 3. The standard InChI is InChI=1S/C18H24F3NO5S/c19-18(20,21)16(24)22-10-7-15(23)13-5-4-6-14(11-13)28(26,27)12-17(25)8-2-1-3-9-17/h4-6,11,15,23,25H,1-3,7-10,12H2,(H,22,24). The number of sulfone groups is 1. The van der Waals surface area contributed by atoms with E-state index in [-0.39, 0.29) is 16.9 Å². The van der Waals surface area contributed by atoms with E-state index in [0.717, 1.165) is 19.3 Å². The van der Waals surface area contributed by atoms with Crippen molar-refractivity contribution in [1.82, 2.24) is 5.32 Å². The number of rotatable bonds is 7. The molecule has 0 bridgehead atoms. The molecule has 0 radical (unpaired) electrons. The van der Waals surface area contributed by atoms with Crippen LogP contribution in [0.2, 0.25) is 0 Å². The summed E-state index contributed by atoms with van der Waals surface area (Å²) in [5, 5.41) is 22.3. The largest absolute Gasteiger partial charge is 0.471 e. The number of nitrogens with one attached hydrogen (secondary N) is 1. The van der Waals surface area contributed by atoms with E-state index in [1.54, 1.807) is 5.32 Å². The molecule has 1 fully saturated rings. The highest BCUT2D eigenvalue weighted by molar-refractivity contribution is 7.91. The van der Waals surface area contributed by atoms with Gasteiger partial charge in [0.1, 0.15) is 0 Å². The molecule has 28 heavy (non-hydrogen) atoms. The average molecular weight is 423 g/mol. The summed E-state index contributed by atoms with van der Waals surface area (Å²) in [6, 6.07) is 5.47. The van der Waals surface area contributed by atoms with Gasteiger partial charge in [-0.1, -0.05) is 31.4 Å². The zero-order valence-corrected chi connectivity index (χ0v) is 16.0. The number of amides is 1. The van der Waals surface area contributed by atoms with Crippen molar-refractivity contribution in [3.05, 3.63) is 29.8 Å². The van der Waals surface area contributed by atoms with Gasteiger partial charge >= 0.3 is 12.1 Å². The molecule has 6 nitrogen and oxygen atoms in total. The average Bonchev–Trinajstić information content (AvgIpc) is 2.60. The van der Waals surface area contributed by atoms with E-state index in [1.807, 2.05) is 0 Å². The first-order chi connectivity index (χ1) is 12.9. The van der Waals surface area contributed by atoms with Crippen molar-refractivity contribution in [2.45, 2.75) is 61.3 Å². The molecule has 1 aliphatic carbocycles. The van der Waals surface area contributed by atoms with Crippen LogP contribution < -0.4 is 5.32 Å². The number of hydrogen-bond donors (Lipinski definition) is 3. The molecule has 1 atom stereocenters. The summed E-state index contributed by atoms with van der Waals surface area (Å²) in [7, 11) is -3.81. The summed E-state index contributed by atoms with van der Waals surface area (Å²) >= 11 is 0. The smallest absolute Gasteiger partial charge is 0.389 e. The Morgan fingerprint density at radius 3 is 2.46 bits per heavy atom. The zero-order valence-electron chi connectivity index (χ0n) is 15.2. The highest BCUT2D eigenvalue weighted by Gasteiger charge is 2.38. The van der Waals surface area contributed by atoms with Crippen molar-refractivity contribution in [3.8, 4) is 0 Å². The number of carbonyl (C=O) groups excluding carboxylic acids is 1. The molecule has 3 N–H and O–H groups in total. The number of carbonyl (C=O) groups is 1. The normalized spacial score (nSPS) is 18.5. The summed E-state index contributed by atoms with van der Waals surface area (Å²) < 4.78 is 61.8. The fraction of sp³-hybridized carbons (Fsp3) is 0.611. The van der Waals surface area contributed by atoms with Crippen molar-refractivity contribution in [2.75, 3.05) is 12.3 Å². The first-order valence-corrected chi connectivity index (χ1v) is 10.7. The van der Waals surface area contributed by atoms with Gasteiger partial charge in [0.2, 0.25) is 0 Å². The molecule has 1 unspecified atom stereocenters. The number of aliphatic hydroxyl groups is 2. The van der Waals surface area contributed by atoms with Crippen LogP contribution in [0.25, 0.3) is 0 Å². The molecule has 0 spiro atoms. The quantitative estimate of drug-likeness (QED) is 0.624. The molecule has 1 saturated carbocycles. The van der Waals surface area contributed by atoms with Crippen LogP contribution in [-0.4, -0.2) is 48.6 Å². The topological polar surface area (TPSA) is 104 Å². The number of hydrogen-bond acceptors (Lipinski definition) is 5. The van der Waals surface area contributed by atoms with Crippen LogP contribution in [0.15, 0.2) is 29.2 Å². The van der Waals surface area contributed by atoms with Gasteiger partial charge in [0, 0.05) is 6.54 Å². The van der Waals surface area contributed by atoms with Crippen molar-refractivity contribution in [3.63, 3.8) is 0 Å². The van der Waals surface area contributed by atoms with Gasteiger partial charge in [0.05, 0.1) is 22.4 Å². The zero-order chi connectivity index (χ0) is 21.0. The van der Waals surface area contributed by atoms with E-state index < -0.39 is 45.9 Å². The van der Waals surface area contributed by atoms with Crippen LogP contribution in [0.1, 0.15) is 50.2 Å². The third kappa shape index (κ3) is 6.18. The monoisotopic (exact) mass is 423 g/mol. The molecule has 1 aliphatic rings. The number of aliphatic hydroxyl groups excluding tert-OH is 1. The van der Waals surface area contributed by atoms with Crippen LogP contribution in [0.5, 0.6) is 0 Å². The van der Waals surface area contributed by atoms with Gasteiger partial charge in [-0.2, -0.15) is 13.2 Å². The van der Waals surface area contributed by atoms with E-state index in [4.69, 9.17) is 0 Å². The summed E-state index contributed by atoms with van der Waals surface area (Å²) in [4.78, 5) is 10.7. The Morgan fingerprint density at radius 2 is 1.86 bits per heavy atom. The second-order valence-corrected chi connectivity index (χ2v) is 9.16. The van der Waals surface area contributed by atoms with Crippen molar-refractivity contribution >= 4 is 15.7 Å². The van der Waals surface area contributed by atoms with Crippen molar-refractivity contribution < 1.29 is 36.6 Å². The Kier molecular flexibility index (Phi) is 7.11. The Morgan fingerprint density at radius 1 is 1.21 bits per heavy atom. The minimum absolute atomic E-state index is 0.0672. The second kappa shape index (κ2) is 8.79. The maximum absolute atomic E-state index is 12.7. The van der Waals surface area contributed by atoms with Crippen LogP contribution >= 0.6 is 0 Å². The Bertz CT molecular complexity index is 789. The van der Waals surface area contributed by atoms with Crippen LogP contribution in [-0.2, 0) is 14.6 Å². The molecule has 0 aliphatic heterocycles. The number of benzene rings is 1. The predicted octanol–water partition coefficient (Wildman–Crippen LogP) is 2.26. The minimum atomic E-state index is -5.00. The van der Waals surface area contributed by atoms with Gasteiger partial charge in [-0.05, 0) is 37.0 Å². The lowest BCUT2D eigenvalue weighted by Crippen LogP contribution is -2.39. The van der Waals surface area contributed by atoms with Gasteiger partial charge in [0.15, 0.2) is 9.84 Å². The molecule has 0 saturated heterocycles. The molecule has 2 rings (SSSR count). The van der Waals surface area contributed by atoms with E-state index in [2.05, 4.69) is 0 Å². The van der Waals surface area contributed by atoms with Gasteiger partial charge in [0.25, 0.3) is 0 Å². The van der Waals surface area contributed by atoms with Gasteiger partial charge < -0.3 is 15.5 Å². The fourth-order valence-electron chi connectivity index (χ4n) is 3.30. The van der Waals surface area contributed by atoms with Crippen LogP contribution in [0, 0.1) is 0 Å². The summed E-state index contributed by atoms with van der Waals surface area (Å²) in [6.07, 6.45) is -3.17. The molecule has 10 heteroatoms. The summed E-state index contributed by atoms with van der Waals surface area (Å²) in [5.74, 6) is -2.52. The van der Waals surface area contributed by atoms with Crippen molar-refractivity contribution in [2.24, 2.45) is 0 Å². The molecule has 1 aromatic carbocycles. The van der Waals surface area contributed by atoms with Gasteiger partial charge in [-0.25, -0.2) is 8.42 Å². The second-order valence-electron chi connectivity index (χ2n) is 7.17. The van der Waals surface area contributed by atoms with E-state index in [9.17, 15) is 36.6 Å². The maximum atomic E-state index is 12.7. The molecule has 1 aromatic rings. The lowest BCUT2D eigenvalue weighted by Gasteiger charge is -2.31. The Labute approximate surface area is 161 Å². The predicted molar refractivity (Wildman–Crippen MR) is 95.2 cm³/mol. The SMILES string of the molecule is O=C(NCCC(O)c1cccc(S(=O)(=O)CC2(O)CCCCC2)c1)C(F)(F)F. The van der Waals surface area contributed by atoms with E-state index in [1.165, 1.54) is 24.3 Å². The van der Waals surface area contributed by atoms with Crippen LogP contribution in [0.4, 0.5) is 13.2 Å². The van der Waals surface area contributed by atoms with Gasteiger partial charge in [-0.3, -0.25) is 4.79 Å². The summed E-state index contributed by atoms with van der Waals surface area (Å²) in [5.41, 5.74) is -1.06. The molecular weight excluding hydrogens is 399 g/mol. The first kappa shape index (κ1) is 22.6. The molecule has 1 amide bonds. The molecule has 0 heterocycles. The lowest BCUT2D eigenvalue weighted by molar-refractivity contribution is -0.173. The third-order valence-electron chi connectivity index (χ3n) is 4.81. The van der Waals surface area contributed by atoms with Crippen molar-refractivity contribution in [1.29, 1.82) is 0 Å². The lowest BCUT2D eigenvalue weighted by atomic mass is 9.86. The minimum Gasteiger partial charge on any atom is -0.389 e. The molecule has 0 aromatic heterocycles. The highest BCUT2D eigenvalue weighted by atomic mass is 32.2. The Hall–Kier alpha value is -1.65. The fourth-order valence-corrected chi connectivity index (χ4v) is 5.06. The molecular formula is C18H24F3NO5S. The third-order valence-corrected chi connectivity index (χ3v) is 6.70. The van der Waals surface area contributed by atoms with Gasteiger partial charge in [-0.15, -0.1) is 0 Å². The molecule has 158 valence electrons. The maximum Gasteiger partial charge on any atom is 0.471 e. The Balaban J connectivity index is 2.03. The van der Waals surface area contributed by atoms with Crippen LogP contribution in [0.3, 0.4) is 0 Å².